The van der Waals surface area contributed by atoms with Crippen molar-refractivity contribution >= 4 is 0 Å². The van der Waals surface area contributed by atoms with Gasteiger partial charge in [0.2, 0.25) is 0 Å². The molecule has 1 heteroatoms. The van der Waals surface area contributed by atoms with E-state index < -0.39 is 0 Å². The zero-order chi connectivity index (χ0) is 11.5. The maximum absolute atomic E-state index is 3.86. The van der Waals surface area contributed by atoms with E-state index in [0.717, 1.165) is 19.5 Å². The van der Waals surface area contributed by atoms with Crippen LogP contribution in [0.1, 0.15) is 42.0 Å². The van der Waals surface area contributed by atoms with Crippen LogP contribution in [-0.2, 0) is 19.4 Å². The Balaban J connectivity index is 2.47. The third-order valence-electron chi connectivity index (χ3n) is 3.36. The van der Waals surface area contributed by atoms with Gasteiger partial charge in [-0.3, -0.25) is 0 Å². The Morgan fingerprint density at radius 3 is 2.94 bits per heavy atom. The number of nitrogens with one attached hydrogen (secondary N) is 1. The molecular weight excluding hydrogens is 194 g/mol. The molecule has 0 bridgehead atoms. The van der Waals surface area contributed by atoms with Gasteiger partial charge in [0.1, 0.15) is 0 Å². The minimum Gasteiger partial charge on any atom is -0.312 e. The van der Waals surface area contributed by atoms with Gasteiger partial charge in [-0.2, -0.15) is 0 Å². The molecule has 0 spiro atoms. The van der Waals surface area contributed by atoms with Gasteiger partial charge in [0.05, 0.1) is 0 Å². The van der Waals surface area contributed by atoms with Gasteiger partial charge < -0.3 is 5.32 Å². The van der Waals surface area contributed by atoms with Crippen molar-refractivity contribution in [3.8, 4) is 0 Å². The predicted octanol–water partition coefficient (Wildman–Crippen LogP) is 3.18. The molecule has 0 fully saturated rings. The van der Waals surface area contributed by atoms with Gasteiger partial charge in [0.15, 0.2) is 0 Å². The van der Waals surface area contributed by atoms with Gasteiger partial charge in [-0.25, -0.2) is 0 Å². The maximum atomic E-state index is 3.86. The van der Waals surface area contributed by atoms with Crippen LogP contribution in [0.2, 0.25) is 0 Å². The van der Waals surface area contributed by atoms with E-state index in [1.165, 1.54) is 23.1 Å². The first-order chi connectivity index (χ1) is 7.72. The zero-order valence-electron chi connectivity index (χ0n) is 10.3. The minimum absolute atomic E-state index is 0.615. The molecule has 0 aliphatic carbocycles. The first-order valence-corrected chi connectivity index (χ1v) is 6.18. The molecule has 0 unspecified atom stereocenters. The summed E-state index contributed by atoms with van der Waals surface area (Å²) in [6.45, 7) is 10.5. The van der Waals surface area contributed by atoms with Crippen LogP contribution in [0.25, 0.3) is 0 Å². The maximum Gasteiger partial charge on any atom is 0.0211 e. The van der Waals surface area contributed by atoms with Crippen molar-refractivity contribution in [1.82, 2.24) is 5.32 Å². The number of hydrogen-bond donors (Lipinski definition) is 1. The standard InChI is InChI=1S/C15H21N/c1-4-5-12-8-14(11(2)3)9-13-6-7-16-10-15(12)13/h4,8-9,11,16H,1,5-7,10H2,2-3H3. The molecule has 1 nitrogen and oxygen atoms in total. The lowest BCUT2D eigenvalue weighted by molar-refractivity contribution is 0.637. The number of hydrogen-bond acceptors (Lipinski definition) is 1. The second kappa shape index (κ2) is 4.84. The van der Waals surface area contributed by atoms with E-state index in [4.69, 9.17) is 0 Å². The number of benzene rings is 1. The number of rotatable bonds is 3. The van der Waals surface area contributed by atoms with Crippen molar-refractivity contribution in [1.29, 1.82) is 0 Å². The van der Waals surface area contributed by atoms with Crippen LogP contribution in [0.4, 0.5) is 0 Å². The highest BCUT2D eigenvalue weighted by atomic mass is 14.9. The molecule has 0 saturated carbocycles. The van der Waals surface area contributed by atoms with Crippen molar-refractivity contribution < 1.29 is 0 Å². The fourth-order valence-electron chi connectivity index (χ4n) is 2.38. The fourth-order valence-corrected chi connectivity index (χ4v) is 2.38. The summed E-state index contributed by atoms with van der Waals surface area (Å²) in [6, 6.07) is 4.76. The molecule has 1 aliphatic heterocycles. The molecular formula is C15H21N. The topological polar surface area (TPSA) is 12.0 Å². The lowest BCUT2D eigenvalue weighted by Gasteiger charge is -2.22. The van der Waals surface area contributed by atoms with Gasteiger partial charge in [-0.1, -0.05) is 32.1 Å². The van der Waals surface area contributed by atoms with E-state index >= 15 is 0 Å². The molecule has 0 amide bonds. The lowest BCUT2D eigenvalue weighted by atomic mass is 9.89. The Hall–Kier alpha value is -1.08. The Labute approximate surface area is 98.6 Å². The van der Waals surface area contributed by atoms with Gasteiger partial charge in [-0.05, 0) is 47.6 Å². The summed E-state index contributed by atoms with van der Waals surface area (Å²) in [5, 5.41) is 3.45. The molecule has 0 radical (unpaired) electrons. The molecule has 1 aliphatic rings. The molecule has 2 rings (SSSR count). The van der Waals surface area contributed by atoms with Gasteiger partial charge in [-0.15, -0.1) is 6.58 Å². The third-order valence-corrected chi connectivity index (χ3v) is 3.36. The molecule has 1 N–H and O–H groups in total. The van der Waals surface area contributed by atoms with Gasteiger partial charge in [0.25, 0.3) is 0 Å². The minimum atomic E-state index is 0.615. The quantitative estimate of drug-likeness (QED) is 0.764. The van der Waals surface area contributed by atoms with Crippen molar-refractivity contribution in [2.24, 2.45) is 0 Å². The average Bonchev–Trinajstić information content (AvgIpc) is 2.29. The number of fused-ring (bicyclic) bond motifs is 1. The van der Waals surface area contributed by atoms with Crippen molar-refractivity contribution in [2.75, 3.05) is 6.54 Å². The smallest absolute Gasteiger partial charge is 0.0211 e. The Morgan fingerprint density at radius 1 is 1.44 bits per heavy atom. The highest BCUT2D eigenvalue weighted by molar-refractivity contribution is 5.42. The summed E-state index contributed by atoms with van der Waals surface area (Å²) in [5.41, 5.74) is 5.98. The van der Waals surface area contributed by atoms with Crippen molar-refractivity contribution in [2.45, 2.75) is 39.2 Å². The van der Waals surface area contributed by atoms with Crippen molar-refractivity contribution in [3.05, 3.63) is 47.0 Å². The second-order valence-electron chi connectivity index (χ2n) is 4.89. The van der Waals surface area contributed by atoms with Gasteiger partial charge in [0, 0.05) is 6.54 Å². The molecule has 86 valence electrons. The normalized spacial score (nSPS) is 14.9. The summed E-state index contributed by atoms with van der Waals surface area (Å²) in [5.74, 6) is 0.615. The highest BCUT2D eigenvalue weighted by Gasteiger charge is 2.14. The molecule has 16 heavy (non-hydrogen) atoms. The highest BCUT2D eigenvalue weighted by Crippen LogP contribution is 2.25. The van der Waals surface area contributed by atoms with E-state index in [1.54, 1.807) is 5.56 Å². The van der Waals surface area contributed by atoms with Crippen LogP contribution < -0.4 is 5.32 Å². The van der Waals surface area contributed by atoms with Crippen LogP contribution in [0.3, 0.4) is 0 Å². The molecule has 1 heterocycles. The number of allylic oxidation sites excluding steroid dienone is 1. The Bertz CT molecular complexity index is 391. The molecule has 1 aromatic rings. The van der Waals surface area contributed by atoms with E-state index in [9.17, 15) is 0 Å². The Morgan fingerprint density at radius 2 is 2.25 bits per heavy atom. The van der Waals surface area contributed by atoms with E-state index in [1.807, 2.05) is 6.08 Å². The second-order valence-corrected chi connectivity index (χ2v) is 4.89. The Kier molecular flexibility index (Phi) is 3.45. The van der Waals surface area contributed by atoms with Crippen LogP contribution in [0, 0.1) is 0 Å². The van der Waals surface area contributed by atoms with Crippen molar-refractivity contribution in [3.63, 3.8) is 0 Å². The van der Waals surface area contributed by atoms with Crippen LogP contribution in [0.5, 0.6) is 0 Å². The third kappa shape index (κ3) is 2.19. The fraction of sp³-hybridized carbons (Fsp3) is 0.467. The predicted molar refractivity (Wildman–Crippen MR) is 69.8 cm³/mol. The molecule has 0 aromatic heterocycles. The summed E-state index contributed by atoms with van der Waals surface area (Å²) in [4.78, 5) is 0. The van der Waals surface area contributed by atoms with Gasteiger partial charge >= 0.3 is 0 Å². The first-order valence-electron chi connectivity index (χ1n) is 6.18. The average molecular weight is 215 g/mol. The lowest BCUT2D eigenvalue weighted by Crippen LogP contribution is -2.25. The van der Waals surface area contributed by atoms with E-state index in [2.05, 4.69) is 37.9 Å². The summed E-state index contributed by atoms with van der Waals surface area (Å²) >= 11 is 0. The zero-order valence-corrected chi connectivity index (χ0v) is 10.3. The molecule has 0 atom stereocenters. The largest absolute Gasteiger partial charge is 0.312 e. The summed E-state index contributed by atoms with van der Waals surface area (Å²) in [6.07, 6.45) is 4.17. The SMILES string of the molecule is C=CCc1cc(C(C)C)cc2c1CNCC2. The summed E-state index contributed by atoms with van der Waals surface area (Å²) < 4.78 is 0. The van der Waals surface area contributed by atoms with E-state index in [-0.39, 0.29) is 0 Å². The summed E-state index contributed by atoms with van der Waals surface area (Å²) in [7, 11) is 0. The van der Waals surface area contributed by atoms with Crippen LogP contribution >= 0.6 is 0 Å². The van der Waals surface area contributed by atoms with Crippen LogP contribution in [-0.4, -0.2) is 6.54 Å². The molecule has 0 saturated heterocycles. The first kappa shape index (κ1) is 11.4. The monoisotopic (exact) mass is 215 g/mol. The molecule has 1 aromatic carbocycles. The van der Waals surface area contributed by atoms with Crippen LogP contribution in [0.15, 0.2) is 24.8 Å². The van der Waals surface area contributed by atoms with E-state index in [0.29, 0.717) is 5.92 Å².